The van der Waals surface area contributed by atoms with Gasteiger partial charge in [-0.3, -0.25) is 0 Å². The van der Waals surface area contributed by atoms with Crippen molar-refractivity contribution in [3.8, 4) is 5.75 Å². The molecule has 1 unspecified atom stereocenters. The van der Waals surface area contributed by atoms with Crippen LogP contribution in [-0.4, -0.2) is 12.2 Å². The van der Waals surface area contributed by atoms with Crippen LogP contribution in [0.15, 0.2) is 42.5 Å². The van der Waals surface area contributed by atoms with Crippen molar-refractivity contribution < 1.29 is 9.84 Å². The lowest BCUT2D eigenvalue weighted by Crippen LogP contribution is -2.24. The zero-order valence-electron chi connectivity index (χ0n) is 11.4. The third-order valence-electron chi connectivity index (χ3n) is 3.26. The van der Waals surface area contributed by atoms with Gasteiger partial charge in [-0.2, -0.15) is 0 Å². The lowest BCUT2D eigenvalue weighted by atomic mass is 9.89. The van der Waals surface area contributed by atoms with E-state index in [-0.39, 0.29) is 0 Å². The van der Waals surface area contributed by atoms with E-state index in [4.69, 9.17) is 27.9 Å². The molecule has 0 aliphatic heterocycles. The number of aliphatic hydroxyl groups is 1. The highest BCUT2D eigenvalue weighted by Gasteiger charge is 2.24. The third-order valence-corrected chi connectivity index (χ3v) is 3.85. The smallest absolute Gasteiger partial charge is 0.118 e. The van der Waals surface area contributed by atoms with Gasteiger partial charge >= 0.3 is 0 Å². The molecule has 106 valence electrons. The molecular formula is C16H16Cl2O2. The topological polar surface area (TPSA) is 29.5 Å². The van der Waals surface area contributed by atoms with E-state index >= 15 is 0 Å². The first-order valence-electron chi connectivity index (χ1n) is 6.23. The summed E-state index contributed by atoms with van der Waals surface area (Å²) in [5.41, 5.74) is 0.658. The van der Waals surface area contributed by atoms with Crippen molar-refractivity contribution in [2.24, 2.45) is 0 Å². The number of methoxy groups -OCH3 is 1. The summed E-state index contributed by atoms with van der Waals surface area (Å²) in [5.74, 6) is 0.758. The fourth-order valence-corrected chi connectivity index (χ4v) is 2.56. The van der Waals surface area contributed by atoms with Crippen molar-refractivity contribution >= 4 is 23.2 Å². The first-order valence-corrected chi connectivity index (χ1v) is 6.99. The molecule has 0 heterocycles. The summed E-state index contributed by atoms with van der Waals surface area (Å²) in [6.07, 6.45) is 0.412. The van der Waals surface area contributed by atoms with E-state index in [9.17, 15) is 5.11 Å². The molecule has 4 heteroatoms. The Hall–Kier alpha value is -1.22. The highest BCUT2D eigenvalue weighted by molar-refractivity contribution is 6.35. The molecule has 0 saturated carbocycles. The van der Waals surface area contributed by atoms with Gasteiger partial charge in [0.05, 0.1) is 12.7 Å². The molecule has 2 aromatic rings. The van der Waals surface area contributed by atoms with Crippen LogP contribution in [0.1, 0.15) is 18.1 Å². The average Bonchev–Trinajstić information content (AvgIpc) is 2.42. The second-order valence-electron chi connectivity index (χ2n) is 4.91. The van der Waals surface area contributed by atoms with Crippen molar-refractivity contribution in [1.29, 1.82) is 0 Å². The second-order valence-corrected chi connectivity index (χ2v) is 5.76. The maximum absolute atomic E-state index is 10.7. The summed E-state index contributed by atoms with van der Waals surface area (Å²) < 4.78 is 5.12. The number of hydrogen-bond donors (Lipinski definition) is 1. The van der Waals surface area contributed by atoms with Crippen LogP contribution in [0.4, 0.5) is 0 Å². The Morgan fingerprint density at radius 2 is 1.75 bits per heavy atom. The quantitative estimate of drug-likeness (QED) is 0.904. The molecule has 20 heavy (non-hydrogen) atoms. The van der Waals surface area contributed by atoms with Crippen LogP contribution in [0.3, 0.4) is 0 Å². The van der Waals surface area contributed by atoms with Gasteiger partial charge in [-0.15, -0.1) is 0 Å². The molecule has 1 N–H and O–H groups in total. The monoisotopic (exact) mass is 310 g/mol. The molecule has 0 aliphatic rings. The predicted octanol–water partition coefficient (Wildman–Crippen LogP) is 4.45. The van der Waals surface area contributed by atoms with E-state index in [0.717, 1.165) is 16.9 Å². The first-order chi connectivity index (χ1) is 9.42. The molecule has 0 fully saturated rings. The predicted molar refractivity (Wildman–Crippen MR) is 82.7 cm³/mol. The minimum atomic E-state index is -1.01. The van der Waals surface area contributed by atoms with Crippen LogP contribution in [0.25, 0.3) is 0 Å². The van der Waals surface area contributed by atoms with Gasteiger partial charge in [0.1, 0.15) is 5.75 Å². The van der Waals surface area contributed by atoms with Gasteiger partial charge in [-0.05, 0) is 42.3 Å². The second kappa shape index (κ2) is 6.04. The Labute approximate surface area is 128 Å². The molecule has 0 aromatic heterocycles. The summed E-state index contributed by atoms with van der Waals surface area (Å²) in [5, 5.41) is 11.8. The van der Waals surface area contributed by atoms with E-state index in [0.29, 0.717) is 16.5 Å². The summed E-state index contributed by atoms with van der Waals surface area (Å²) in [7, 11) is 1.61. The van der Waals surface area contributed by atoms with Crippen molar-refractivity contribution in [2.45, 2.75) is 18.9 Å². The maximum Gasteiger partial charge on any atom is 0.118 e. The molecule has 2 nitrogen and oxygen atoms in total. The van der Waals surface area contributed by atoms with Crippen LogP contribution in [0.5, 0.6) is 5.75 Å². The number of hydrogen-bond acceptors (Lipinski definition) is 2. The van der Waals surface area contributed by atoms with Gasteiger partial charge in [-0.25, -0.2) is 0 Å². The Balaban J connectivity index is 2.25. The zero-order chi connectivity index (χ0) is 14.8. The maximum atomic E-state index is 10.7. The van der Waals surface area contributed by atoms with Gasteiger partial charge in [0.25, 0.3) is 0 Å². The van der Waals surface area contributed by atoms with E-state index in [1.807, 2.05) is 30.3 Å². The molecule has 0 bridgehead atoms. The van der Waals surface area contributed by atoms with Crippen molar-refractivity contribution in [3.63, 3.8) is 0 Å². The van der Waals surface area contributed by atoms with Gasteiger partial charge in [0.2, 0.25) is 0 Å². The Morgan fingerprint density at radius 1 is 1.10 bits per heavy atom. The van der Waals surface area contributed by atoms with Crippen LogP contribution < -0.4 is 4.74 Å². The molecule has 0 radical (unpaired) electrons. The lowest BCUT2D eigenvalue weighted by molar-refractivity contribution is 0.0576. The van der Waals surface area contributed by atoms with Crippen LogP contribution in [0.2, 0.25) is 10.0 Å². The molecule has 2 rings (SSSR count). The Kier molecular flexibility index (Phi) is 4.59. The number of rotatable bonds is 4. The zero-order valence-corrected chi connectivity index (χ0v) is 12.9. The number of benzene rings is 2. The van der Waals surface area contributed by atoms with Crippen LogP contribution >= 0.6 is 23.2 Å². The fourth-order valence-electron chi connectivity index (χ4n) is 2.09. The van der Waals surface area contributed by atoms with Gasteiger partial charge in [-0.1, -0.05) is 41.4 Å². The van der Waals surface area contributed by atoms with Crippen molar-refractivity contribution in [2.75, 3.05) is 7.11 Å². The van der Waals surface area contributed by atoms with Crippen LogP contribution in [0, 0.1) is 0 Å². The van der Waals surface area contributed by atoms with Crippen LogP contribution in [-0.2, 0) is 12.0 Å². The molecule has 0 amide bonds. The summed E-state index contributed by atoms with van der Waals surface area (Å²) in [6.45, 7) is 1.76. The minimum Gasteiger partial charge on any atom is -0.497 e. The highest BCUT2D eigenvalue weighted by Crippen LogP contribution is 2.30. The number of ether oxygens (including phenoxy) is 1. The Bertz CT molecular complexity index is 592. The molecule has 1 atom stereocenters. The standard InChI is InChI=1S/C16H16Cl2O2/c1-16(19,12-4-7-14(20-2)8-5-12)10-11-3-6-13(17)9-15(11)18/h3-9,19H,10H2,1-2H3. The van der Waals surface area contributed by atoms with E-state index in [1.165, 1.54) is 0 Å². The van der Waals surface area contributed by atoms with E-state index in [1.54, 1.807) is 26.2 Å². The molecule has 0 saturated heterocycles. The van der Waals surface area contributed by atoms with Crippen molar-refractivity contribution in [3.05, 3.63) is 63.6 Å². The Morgan fingerprint density at radius 3 is 2.30 bits per heavy atom. The van der Waals surface area contributed by atoms with Gasteiger partial charge < -0.3 is 9.84 Å². The highest BCUT2D eigenvalue weighted by atomic mass is 35.5. The molecule has 0 spiro atoms. The summed E-state index contributed by atoms with van der Waals surface area (Å²) in [6, 6.07) is 12.6. The van der Waals surface area contributed by atoms with Crippen molar-refractivity contribution in [1.82, 2.24) is 0 Å². The van der Waals surface area contributed by atoms with E-state index in [2.05, 4.69) is 0 Å². The third kappa shape index (κ3) is 3.45. The fraction of sp³-hybridized carbons (Fsp3) is 0.250. The number of halogens is 2. The summed E-state index contributed by atoms with van der Waals surface area (Å²) in [4.78, 5) is 0. The normalized spacial score (nSPS) is 13.8. The average molecular weight is 311 g/mol. The minimum absolute atomic E-state index is 0.412. The molecule has 0 aliphatic carbocycles. The van der Waals surface area contributed by atoms with Gasteiger partial charge in [0, 0.05) is 16.5 Å². The van der Waals surface area contributed by atoms with Gasteiger partial charge in [0.15, 0.2) is 0 Å². The largest absolute Gasteiger partial charge is 0.497 e. The van der Waals surface area contributed by atoms with E-state index < -0.39 is 5.60 Å². The first kappa shape index (κ1) is 15.2. The lowest BCUT2D eigenvalue weighted by Gasteiger charge is -2.24. The summed E-state index contributed by atoms with van der Waals surface area (Å²) >= 11 is 12.0. The SMILES string of the molecule is COc1ccc(C(C)(O)Cc2ccc(Cl)cc2Cl)cc1. The molecular weight excluding hydrogens is 295 g/mol. The molecule has 2 aromatic carbocycles.